The molecule has 0 saturated heterocycles. The van der Waals surface area contributed by atoms with E-state index >= 15 is 0 Å². The molecule has 0 bridgehead atoms. The minimum Gasteiger partial charge on any atom is -0.0616 e. The van der Waals surface area contributed by atoms with E-state index in [0.717, 1.165) is 0 Å². The van der Waals surface area contributed by atoms with E-state index in [0.29, 0.717) is 0 Å². The Kier molecular flexibility index (Phi) is 1.92. The lowest BCUT2D eigenvalue weighted by Gasteiger charge is -2.07. The van der Waals surface area contributed by atoms with Crippen LogP contribution >= 0.6 is 0 Å². The van der Waals surface area contributed by atoms with Gasteiger partial charge in [0.1, 0.15) is 0 Å². The van der Waals surface area contributed by atoms with E-state index in [2.05, 4.69) is 60.7 Å². The molecule has 0 heteroatoms. The van der Waals surface area contributed by atoms with Gasteiger partial charge in [-0.15, -0.1) is 0 Å². The average molecular weight is 227 g/mol. The molecule has 0 unspecified atom stereocenters. The molecule has 4 aromatic carbocycles. The first-order valence-electron chi connectivity index (χ1n) is 6.14. The molecule has 0 aromatic heterocycles. The molecular weight excluding hydrogens is 216 g/mol. The predicted molar refractivity (Wildman–Crippen MR) is 77.8 cm³/mol. The molecule has 18 heavy (non-hydrogen) atoms. The van der Waals surface area contributed by atoms with E-state index in [1.807, 2.05) is 12.1 Å². The van der Waals surface area contributed by atoms with Gasteiger partial charge in [-0.1, -0.05) is 60.7 Å². The number of fused-ring (bicyclic) bond motifs is 5. The van der Waals surface area contributed by atoms with Gasteiger partial charge < -0.3 is 0 Å². The molecule has 0 spiro atoms. The Morgan fingerprint density at radius 2 is 1.28 bits per heavy atom. The van der Waals surface area contributed by atoms with Crippen LogP contribution in [0.15, 0.2) is 66.7 Å². The van der Waals surface area contributed by atoms with Crippen molar-refractivity contribution in [1.82, 2.24) is 0 Å². The SMILES string of the molecule is [c]1ccc2c(c1)ccc1c3ccccc3ccc21. The van der Waals surface area contributed by atoms with E-state index in [1.165, 1.54) is 32.3 Å². The maximum absolute atomic E-state index is 3.14. The van der Waals surface area contributed by atoms with Gasteiger partial charge in [-0.3, -0.25) is 0 Å². The van der Waals surface area contributed by atoms with Gasteiger partial charge in [-0.05, 0) is 44.5 Å². The van der Waals surface area contributed by atoms with E-state index < -0.39 is 0 Å². The lowest BCUT2D eigenvalue weighted by Crippen LogP contribution is -1.80. The monoisotopic (exact) mass is 227 g/mol. The highest BCUT2D eigenvalue weighted by Gasteiger charge is 2.03. The molecular formula is C18H11. The van der Waals surface area contributed by atoms with Gasteiger partial charge in [-0.25, -0.2) is 0 Å². The quantitative estimate of drug-likeness (QED) is 0.373. The maximum Gasteiger partial charge on any atom is -0.00990 e. The molecule has 1 radical (unpaired) electrons. The van der Waals surface area contributed by atoms with Crippen molar-refractivity contribution in [2.24, 2.45) is 0 Å². The molecule has 0 amide bonds. The Bertz CT molecular complexity index is 797. The summed E-state index contributed by atoms with van der Waals surface area (Å²) in [6, 6.07) is 26.7. The molecule has 4 aromatic rings. The van der Waals surface area contributed by atoms with Crippen LogP contribution in [-0.2, 0) is 0 Å². The van der Waals surface area contributed by atoms with E-state index in [1.54, 1.807) is 0 Å². The average Bonchev–Trinajstić information content (AvgIpc) is 2.46. The molecule has 83 valence electrons. The molecule has 0 saturated carbocycles. The third-order valence-corrected chi connectivity index (χ3v) is 3.59. The second-order valence-electron chi connectivity index (χ2n) is 4.59. The third kappa shape index (κ3) is 1.26. The fourth-order valence-electron chi connectivity index (χ4n) is 2.71. The van der Waals surface area contributed by atoms with Crippen molar-refractivity contribution in [3.05, 3.63) is 72.8 Å². The second kappa shape index (κ2) is 3.58. The zero-order valence-electron chi connectivity index (χ0n) is 9.85. The summed E-state index contributed by atoms with van der Waals surface area (Å²) in [5.74, 6) is 0. The molecule has 0 atom stereocenters. The van der Waals surface area contributed by atoms with Crippen molar-refractivity contribution < 1.29 is 0 Å². The van der Waals surface area contributed by atoms with Gasteiger partial charge in [0.15, 0.2) is 0 Å². The van der Waals surface area contributed by atoms with Crippen molar-refractivity contribution in [2.45, 2.75) is 0 Å². The third-order valence-electron chi connectivity index (χ3n) is 3.59. The first-order chi connectivity index (χ1) is 8.93. The van der Waals surface area contributed by atoms with Gasteiger partial charge in [0.2, 0.25) is 0 Å². The van der Waals surface area contributed by atoms with Crippen molar-refractivity contribution >= 4 is 32.3 Å². The molecule has 0 fully saturated rings. The fourth-order valence-corrected chi connectivity index (χ4v) is 2.71. The minimum atomic E-state index is 1.25. The van der Waals surface area contributed by atoms with Crippen LogP contribution in [0.5, 0.6) is 0 Å². The molecule has 4 rings (SSSR count). The summed E-state index contributed by atoms with van der Waals surface area (Å²) in [4.78, 5) is 0. The standard InChI is InChI=1S/C18H11/c1-3-7-15-13(5-1)9-11-18-16-8-4-2-6-14(16)10-12-17(15)18/h1,3-12H. The largest absolute Gasteiger partial charge is 0.0616 e. The number of hydrogen-bond donors (Lipinski definition) is 0. The molecule has 0 N–H and O–H groups in total. The summed E-state index contributed by atoms with van der Waals surface area (Å²) in [6.45, 7) is 0. The molecule has 0 nitrogen and oxygen atoms in total. The highest BCUT2D eigenvalue weighted by atomic mass is 14.1. The Hall–Kier alpha value is -2.34. The van der Waals surface area contributed by atoms with Crippen LogP contribution in [0.3, 0.4) is 0 Å². The number of benzene rings is 4. The van der Waals surface area contributed by atoms with Crippen LogP contribution in [0.25, 0.3) is 32.3 Å². The van der Waals surface area contributed by atoms with Crippen LogP contribution in [-0.4, -0.2) is 0 Å². The predicted octanol–water partition coefficient (Wildman–Crippen LogP) is 4.95. The van der Waals surface area contributed by atoms with Crippen molar-refractivity contribution in [1.29, 1.82) is 0 Å². The molecule has 0 aliphatic carbocycles. The summed E-state index contributed by atoms with van der Waals surface area (Å²) in [7, 11) is 0. The van der Waals surface area contributed by atoms with Crippen LogP contribution in [0.1, 0.15) is 0 Å². The summed E-state index contributed by atoms with van der Waals surface area (Å²) in [5.41, 5.74) is 0. The Morgan fingerprint density at radius 1 is 0.556 bits per heavy atom. The Labute approximate surface area is 105 Å². The maximum atomic E-state index is 3.14. The van der Waals surface area contributed by atoms with Crippen LogP contribution in [0.2, 0.25) is 0 Å². The topological polar surface area (TPSA) is 0 Å². The van der Waals surface area contributed by atoms with Gasteiger partial charge in [0, 0.05) is 0 Å². The summed E-state index contributed by atoms with van der Waals surface area (Å²) >= 11 is 0. The van der Waals surface area contributed by atoms with Crippen molar-refractivity contribution in [2.75, 3.05) is 0 Å². The van der Waals surface area contributed by atoms with Gasteiger partial charge in [0.05, 0.1) is 0 Å². The highest BCUT2D eigenvalue weighted by molar-refractivity contribution is 6.17. The van der Waals surface area contributed by atoms with Gasteiger partial charge in [-0.2, -0.15) is 0 Å². The van der Waals surface area contributed by atoms with E-state index in [9.17, 15) is 0 Å². The van der Waals surface area contributed by atoms with Crippen molar-refractivity contribution in [3.8, 4) is 0 Å². The van der Waals surface area contributed by atoms with Gasteiger partial charge in [0.25, 0.3) is 0 Å². The normalized spacial score (nSPS) is 11.3. The summed E-state index contributed by atoms with van der Waals surface area (Å²) < 4.78 is 0. The lowest BCUT2D eigenvalue weighted by molar-refractivity contribution is 1.76. The Morgan fingerprint density at radius 3 is 2.17 bits per heavy atom. The van der Waals surface area contributed by atoms with E-state index in [4.69, 9.17) is 0 Å². The zero-order chi connectivity index (χ0) is 11.9. The van der Waals surface area contributed by atoms with Crippen LogP contribution < -0.4 is 0 Å². The van der Waals surface area contributed by atoms with Gasteiger partial charge >= 0.3 is 0 Å². The Balaban J connectivity index is 2.31. The highest BCUT2D eigenvalue weighted by Crippen LogP contribution is 2.30. The second-order valence-corrected chi connectivity index (χ2v) is 4.59. The molecule has 0 heterocycles. The smallest absolute Gasteiger partial charge is 0.00990 e. The summed E-state index contributed by atoms with van der Waals surface area (Å²) in [5, 5.41) is 7.82. The van der Waals surface area contributed by atoms with E-state index in [-0.39, 0.29) is 0 Å². The van der Waals surface area contributed by atoms with Crippen LogP contribution in [0, 0.1) is 6.07 Å². The lowest BCUT2D eigenvalue weighted by atomic mass is 9.97. The molecule has 0 aliphatic rings. The molecule has 0 aliphatic heterocycles. The number of rotatable bonds is 0. The summed E-state index contributed by atoms with van der Waals surface area (Å²) in [6.07, 6.45) is 0. The first kappa shape index (κ1) is 9.67. The fraction of sp³-hybridized carbons (Fsp3) is 0. The first-order valence-corrected chi connectivity index (χ1v) is 6.14. The zero-order valence-corrected chi connectivity index (χ0v) is 9.85. The van der Waals surface area contributed by atoms with Crippen molar-refractivity contribution in [3.63, 3.8) is 0 Å². The minimum absolute atomic E-state index is 1.25. The van der Waals surface area contributed by atoms with Crippen LogP contribution in [0.4, 0.5) is 0 Å². The number of hydrogen-bond acceptors (Lipinski definition) is 0.